The monoisotopic (exact) mass is 344 g/mol. The van der Waals surface area contributed by atoms with E-state index in [2.05, 4.69) is 10.4 Å². The van der Waals surface area contributed by atoms with Crippen molar-refractivity contribution in [2.24, 2.45) is 7.05 Å². The second kappa shape index (κ2) is 7.33. The van der Waals surface area contributed by atoms with Crippen molar-refractivity contribution < 1.29 is 22.4 Å². The molecule has 5 nitrogen and oxygen atoms in total. The number of carbonyl (C=O) groups excluding carboxylic acids is 1. The molecular formula is C15H16F4N4O. The first-order chi connectivity index (χ1) is 11.3. The molecule has 1 heterocycles. The Bertz CT molecular complexity index is 682. The standard InChI is InChI=1S/C15H16F4N4O/c1-23-12(7-9-21-23)6-8-20-14(24)22-13(15(17,18)19)10-2-4-11(16)5-3-10/h2-5,7,9,13H,6,8H2,1H3,(H2,20,22,24). The Kier molecular flexibility index (Phi) is 5.42. The molecule has 2 aromatic rings. The second-order valence-electron chi connectivity index (χ2n) is 5.12. The molecule has 0 bridgehead atoms. The average molecular weight is 344 g/mol. The molecule has 0 aliphatic rings. The zero-order valence-corrected chi connectivity index (χ0v) is 12.8. The number of benzene rings is 1. The Morgan fingerprint density at radius 1 is 1.25 bits per heavy atom. The van der Waals surface area contributed by atoms with Gasteiger partial charge in [-0.1, -0.05) is 12.1 Å². The van der Waals surface area contributed by atoms with Crippen LogP contribution in [0.5, 0.6) is 0 Å². The number of alkyl halides is 3. The SMILES string of the molecule is Cn1nccc1CCNC(=O)NC(c1ccc(F)cc1)C(F)(F)F. The Morgan fingerprint density at radius 2 is 1.92 bits per heavy atom. The summed E-state index contributed by atoms with van der Waals surface area (Å²) >= 11 is 0. The van der Waals surface area contributed by atoms with E-state index in [9.17, 15) is 22.4 Å². The zero-order chi connectivity index (χ0) is 17.7. The van der Waals surface area contributed by atoms with Gasteiger partial charge >= 0.3 is 12.2 Å². The normalized spacial score (nSPS) is 12.7. The van der Waals surface area contributed by atoms with Crippen LogP contribution in [0.25, 0.3) is 0 Å². The van der Waals surface area contributed by atoms with E-state index in [0.717, 1.165) is 30.0 Å². The van der Waals surface area contributed by atoms with Crippen molar-refractivity contribution in [1.29, 1.82) is 0 Å². The van der Waals surface area contributed by atoms with Gasteiger partial charge in [0.05, 0.1) is 0 Å². The second-order valence-corrected chi connectivity index (χ2v) is 5.12. The smallest absolute Gasteiger partial charge is 0.338 e. The first-order valence-corrected chi connectivity index (χ1v) is 7.11. The van der Waals surface area contributed by atoms with Crippen LogP contribution in [0.15, 0.2) is 36.5 Å². The highest BCUT2D eigenvalue weighted by atomic mass is 19.4. The fraction of sp³-hybridized carbons (Fsp3) is 0.333. The number of carbonyl (C=O) groups is 1. The largest absolute Gasteiger partial charge is 0.412 e. The van der Waals surface area contributed by atoms with Crippen LogP contribution in [-0.2, 0) is 13.5 Å². The molecule has 0 aliphatic carbocycles. The maximum Gasteiger partial charge on any atom is 0.412 e. The van der Waals surface area contributed by atoms with Crippen molar-refractivity contribution in [1.82, 2.24) is 20.4 Å². The van der Waals surface area contributed by atoms with E-state index < -0.39 is 24.1 Å². The Labute approximate surface area is 135 Å². The highest BCUT2D eigenvalue weighted by Gasteiger charge is 2.41. The van der Waals surface area contributed by atoms with E-state index in [1.165, 1.54) is 0 Å². The van der Waals surface area contributed by atoms with Crippen molar-refractivity contribution in [3.8, 4) is 0 Å². The quantitative estimate of drug-likeness (QED) is 0.820. The molecule has 130 valence electrons. The van der Waals surface area contributed by atoms with Gasteiger partial charge in [-0.2, -0.15) is 18.3 Å². The molecule has 1 aromatic heterocycles. The van der Waals surface area contributed by atoms with E-state index in [1.54, 1.807) is 24.0 Å². The van der Waals surface area contributed by atoms with Gasteiger partial charge in [-0.25, -0.2) is 9.18 Å². The van der Waals surface area contributed by atoms with Crippen LogP contribution in [0.2, 0.25) is 0 Å². The molecule has 0 fully saturated rings. The third-order valence-corrected chi connectivity index (χ3v) is 3.40. The Morgan fingerprint density at radius 3 is 2.46 bits per heavy atom. The lowest BCUT2D eigenvalue weighted by Gasteiger charge is -2.22. The van der Waals surface area contributed by atoms with Gasteiger partial charge in [0.25, 0.3) is 0 Å². The Balaban J connectivity index is 1.95. The fourth-order valence-electron chi connectivity index (χ4n) is 2.14. The number of hydrogen-bond acceptors (Lipinski definition) is 2. The highest BCUT2D eigenvalue weighted by molar-refractivity contribution is 5.74. The van der Waals surface area contributed by atoms with E-state index in [0.29, 0.717) is 6.42 Å². The first kappa shape index (κ1) is 17.8. The van der Waals surface area contributed by atoms with Crippen molar-refractivity contribution in [3.63, 3.8) is 0 Å². The predicted molar refractivity (Wildman–Crippen MR) is 78.6 cm³/mol. The summed E-state index contributed by atoms with van der Waals surface area (Å²) in [6.07, 6.45) is -2.68. The maximum atomic E-state index is 13.1. The molecular weight excluding hydrogens is 328 g/mol. The van der Waals surface area contributed by atoms with Crippen LogP contribution < -0.4 is 10.6 Å². The van der Waals surface area contributed by atoms with Crippen LogP contribution in [0.4, 0.5) is 22.4 Å². The molecule has 9 heteroatoms. The van der Waals surface area contributed by atoms with Gasteiger partial charge in [-0.15, -0.1) is 0 Å². The number of aromatic nitrogens is 2. The van der Waals surface area contributed by atoms with Crippen LogP contribution >= 0.6 is 0 Å². The molecule has 1 aromatic carbocycles. The van der Waals surface area contributed by atoms with Crippen molar-refractivity contribution in [2.75, 3.05) is 6.54 Å². The molecule has 2 N–H and O–H groups in total. The van der Waals surface area contributed by atoms with Crippen LogP contribution in [-0.4, -0.2) is 28.5 Å². The Hall–Kier alpha value is -2.58. The van der Waals surface area contributed by atoms with Crippen molar-refractivity contribution in [3.05, 3.63) is 53.6 Å². The van der Waals surface area contributed by atoms with Gasteiger partial charge < -0.3 is 10.6 Å². The number of nitrogens with zero attached hydrogens (tertiary/aromatic N) is 2. The van der Waals surface area contributed by atoms with E-state index in [4.69, 9.17) is 0 Å². The number of halogens is 4. The van der Waals surface area contributed by atoms with Gasteiger partial charge in [0.1, 0.15) is 5.82 Å². The number of rotatable bonds is 5. The van der Waals surface area contributed by atoms with E-state index in [1.807, 2.05) is 5.32 Å². The molecule has 0 radical (unpaired) electrons. The van der Waals surface area contributed by atoms with Gasteiger partial charge in [0, 0.05) is 31.9 Å². The minimum atomic E-state index is -4.70. The number of hydrogen-bond donors (Lipinski definition) is 2. The summed E-state index contributed by atoms with van der Waals surface area (Å²) in [5.74, 6) is -0.652. The summed E-state index contributed by atoms with van der Waals surface area (Å²) in [5, 5.41) is 8.18. The average Bonchev–Trinajstić information content (AvgIpc) is 2.90. The number of urea groups is 1. The van der Waals surface area contributed by atoms with Crippen LogP contribution in [0, 0.1) is 5.82 Å². The van der Waals surface area contributed by atoms with Gasteiger partial charge in [-0.3, -0.25) is 4.68 Å². The maximum absolute atomic E-state index is 13.1. The third kappa shape index (κ3) is 4.71. The summed E-state index contributed by atoms with van der Waals surface area (Å²) in [4.78, 5) is 11.7. The number of amides is 2. The molecule has 24 heavy (non-hydrogen) atoms. The predicted octanol–water partition coefficient (Wildman–Crippen LogP) is 2.70. The molecule has 2 rings (SSSR count). The third-order valence-electron chi connectivity index (χ3n) is 3.40. The molecule has 2 amide bonds. The molecule has 1 atom stereocenters. The summed E-state index contributed by atoms with van der Waals surface area (Å²) in [6.45, 7) is 0.152. The molecule has 0 saturated carbocycles. The lowest BCUT2D eigenvalue weighted by atomic mass is 10.1. The number of nitrogens with one attached hydrogen (secondary N) is 2. The summed E-state index contributed by atoms with van der Waals surface area (Å²) in [6, 6.07) is 2.38. The highest BCUT2D eigenvalue weighted by Crippen LogP contribution is 2.32. The lowest BCUT2D eigenvalue weighted by molar-refractivity contribution is -0.154. The topological polar surface area (TPSA) is 59.0 Å². The van der Waals surface area contributed by atoms with Crippen molar-refractivity contribution in [2.45, 2.75) is 18.6 Å². The van der Waals surface area contributed by atoms with Gasteiger partial charge in [0.15, 0.2) is 6.04 Å². The summed E-state index contributed by atoms with van der Waals surface area (Å²) in [7, 11) is 1.73. The van der Waals surface area contributed by atoms with E-state index >= 15 is 0 Å². The molecule has 0 aliphatic heterocycles. The molecule has 0 saturated heterocycles. The lowest BCUT2D eigenvalue weighted by Crippen LogP contribution is -2.44. The number of aryl methyl sites for hydroxylation is 1. The minimum Gasteiger partial charge on any atom is -0.338 e. The fourth-order valence-corrected chi connectivity index (χ4v) is 2.14. The van der Waals surface area contributed by atoms with Crippen LogP contribution in [0.1, 0.15) is 17.3 Å². The summed E-state index contributed by atoms with van der Waals surface area (Å²) in [5.41, 5.74) is 0.590. The van der Waals surface area contributed by atoms with Gasteiger partial charge in [-0.05, 0) is 23.8 Å². The molecule has 1 unspecified atom stereocenters. The van der Waals surface area contributed by atoms with Gasteiger partial charge in [0.2, 0.25) is 0 Å². The minimum absolute atomic E-state index is 0.152. The van der Waals surface area contributed by atoms with Crippen LogP contribution in [0.3, 0.4) is 0 Å². The van der Waals surface area contributed by atoms with Crippen molar-refractivity contribution >= 4 is 6.03 Å². The van der Waals surface area contributed by atoms with E-state index in [-0.39, 0.29) is 12.1 Å². The molecule has 0 spiro atoms. The summed E-state index contributed by atoms with van der Waals surface area (Å²) < 4.78 is 53.8. The first-order valence-electron chi connectivity index (χ1n) is 7.11. The zero-order valence-electron chi connectivity index (χ0n) is 12.8.